The molecule has 2 N–H and O–H groups in total. The Morgan fingerprint density at radius 2 is 2.07 bits per heavy atom. The van der Waals surface area contributed by atoms with Crippen LogP contribution < -0.4 is 5.32 Å². The van der Waals surface area contributed by atoms with Gasteiger partial charge in [-0.3, -0.25) is 0 Å². The molecule has 0 unspecified atom stereocenters. The lowest BCUT2D eigenvalue weighted by molar-refractivity contribution is -0.131. The number of benzene rings is 1. The molecule has 80 valence electrons. The zero-order valence-electron chi connectivity index (χ0n) is 7.92. The molecule has 0 fully saturated rings. The third-order valence-electron chi connectivity index (χ3n) is 1.71. The maximum absolute atomic E-state index is 10.2. The van der Waals surface area contributed by atoms with Crippen molar-refractivity contribution in [1.29, 1.82) is 0 Å². The molecule has 0 aromatic heterocycles. The van der Waals surface area contributed by atoms with Gasteiger partial charge in [0.1, 0.15) is 0 Å². The third-order valence-corrected chi connectivity index (χ3v) is 2.43. The number of carboxylic acids is 1. The Hall–Kier alpha value is -1.19. The summed E-state index contributed by atoms with van der Waals surface area (Å²) < 4.78 is 0. The normalized spacial score (nSPS) is 10.6. The van der Waals surface area contributed by atoms with Crippen LogP contribution in [-0.4, -0.2) is 11.1 Å². The lowest BCUT2D eigenvalue weighted by Crippen LogP contribution is -1.93. The van der Waals surface area contributed by atoms with Gasteiger partial charge in [0.2, 0.25) is 0 Å². The highest BCUT2D eigenvalue weighted by Crippen LogP contribution is 2.28. The highest BCUT2D eigenvalue weighted by atomic mass is 35.5. The molecule has 3 nitrogen and oxygen atoms in total. The van der Waals surface area contributed by atoms with Gasteiger partial charge in [0, 0.05) is 17.3 Å². The minimum Gasteiger partial charge on any atom is -0.478 e. The maximum Gasteiger partial charge on any atom is 0.329 e. The number of hydrogen-bond donors (Lipinski definition) is 2. The van der Waals surface area contributed by atoms with E-state index in [0.29, 0.717) is 15.7 Å². The highest BCUT2D eigenvalue weighted by molar-refractivity contribution is 6.35. The number of rotatable bonds is 3. The average Bonchev–Trinajstić information content (AvgIpc) is 2.13. The van der Waals surface area contributed by atoms with Crippen molar-refractivity contribution in [3.05, 3.63) is 40.0 Å². The predicted molar refractivity (Wildman–Crippen MR) is 61.6 cm³/mol. The van der Waals surface area contributed by atoms with Gasteiger partial charge >= 0.3 is 5.97 Å². The molecule has 0 aliphatic heterocycles. The van der Waals surface area contributed by atoms with Crippen LogP contribution in [0.2, 0.25) is 10.0 Å². The van der Waals surface area contributed by atoms with Gasteiger partial charge in [-0.1, -0.05) is 23.2 Å². The average molecular weight is 246 g/mol. The van der Waals surface area contributed by atoms with Crippen LogP contribution in [0.5, 0.6) is 0 Å². The molecule has 0 bridgehead atoms. The molecule has 5 heteroatoms. The molecule has 0 radical (unpaired) electrons. The van der Waals surface area contributed by atoms with E-state index in [2.05, 4.69) is 5.32 Å². The van der Waals surface area contributed by atoms with Gasteiger partial charge in [-0.2, -0.15) is 0 Å². The number of halogens is 2. The van der Waals surface area contributed by atoms with Crippen molar-refractivity contribution >= 4 is 34.9 Å². The molecular formula is C10H9Cl2NO2. The van der Waals surface area contributed by atoms with E-state index in [1.807, 2.05) is 6.92 Å². The van der Waals surface area contributed by atoms with Crippen LogP contribution in [0.15, 0.2) is 24.4 Å². The Bertz CT molecular complexity index is 416. The molecule has 0 atom stereocenters. The summed E-state index contributed by atoms with van der Waals surface area (Å²) in [4.78, 5) is 10.2. The fourth-order valence-corrected chi connectivity index (χ4v) is 1.40. The first-order valence-electron chi connectivity index (χ1n) is 4.12. The van der Waals surface area contributed by atoms with Gasteiger partial charge in [0.25, 0.3) is 0 Å². The third kappa shape index (κ3) is 3.46. The number of nitrogens with one attached hydrogen (secondary N) is 1. The van der Waals surface area contributed by atoms with Crippen molar-refractivity contribution in [3.63, 3.8) is 0 Å². The molecule has 0 aliphatic carbocycles. The van der Waals surface area contributed by atoms with Crippen LogP contribution in [0.1, 0.15) is 5.56 Å². The Kier molecular flexibility index (Phi) is 4.00. The number of carboxylic acid groups (broad SMARTS) is 1. The topological polar surface area (TPSA) is 49.3 Å². The first-order valence-corrected chi connectivity index (χ1v) is 4.88. The Labute approximate surface area is 97.3 Å². The van der Waals surface area contributed by atoms with E-state index in [1.165, 1.54) is 6.20 Å². The van der Waals surface area contributed by atoms with Crippen molar-refractivity contribution in [2.45, 2.75) is 6.92 Å². The van der Waals surface area contributed by atoms with Gasteiger partial charge in [-0.25, -0.2) is 4.79 Å². The lowest BCUT2D eigenvalue weighted by Gasteiger charge is -2.06. The van der Waals surface area contributed by atoms with E-state index in [9.17, 15) is 4.79 Å². The van der Waals surface area contributed by atoms with E-state index in [4.69, 9.17) is 28.3 Å². The summed E-state index contributed by atoms with van der Waals surface area (Å²) in [5.41, 5.74) is 1.44. The second-order valence-corrected chi connectivity index (χ2v) is 3.71. The molecule has 0 heterocycles. The molecule has 0 saturated heterocycles. The quantitative estimate of drug-likeness (QED) is 0.804. The fraction of sp³-hybridized carbons (Fsp3) is 0.100. The molecule has 1 aromatic rings. The molecule has 15 heavy (non-hydrogen) atoms. The van der Waals surface area contributed by atoms with E-state index in [1.54, 1.807) is 12.1 Å². The number of anilines is 1. The summed E-state index contributed by atoms with van der Waals surface area (Å²) in [5.74, 6) is -1.03. The number of carbonyl (C=O) groups is 1. The largest absolute Gasteiger partial charge is 0.478 e. The number of aliphatic carboxylic acids is 1. The summed E-state index contributed by atoms with van der Waals surface area (Å²) in [6.07, 6.45) is 2.26. The van der Waals surface area contributed by atoms with Gasteiger partial charge in [-0.15, -0.1) is 0 Å². The second kappa shape index (κ2) is 5.05. The van der Waals surface area contributed by atoms with E-state index < -0.39 is 5.97 Å². The molecule has 0 amide bonds. The monoisotopic (exact) mass is 245 g/mol. The zero-order chi connectivity index (χ0) is 11.4. The van der Waals surface area contributed by atoms with Crippen LogP contribution in [0, 0.1) is 6.92 Å². The Balaban J connectivity index is 2.86. The van der Waals surface area contributed by atoms with Crippen molar-refractivity contribution in [3.8, 4) is 0 Å². The number of hydrogen-bond acceptors (Lipinski definition) is 2. The van der Waals surface area contributed by atoms with Crippen LogP contribution >= 0.6 is 23.2 Å². The van der Waals surface area contributed by atoms with Crippen molar-refractivity contribution < 1.29 is 9.90 Å². The first-order chi connectivity index (χ1) is 7.00. The smallest absolute Gasteiger partial charge is 0.329 e. The minimum absolute atomic E-state index is 0.493. The second-order valence-electron chi connectivity index (χ2n) is 2.90. The predicted octanol–water partition coefficient (Wildman–Crippen LogP) is 3.31. The number of aryl methyl sites for hydroxylation is 1. The highest BCUT2D eigenvalue weighted by Gasteiger charge is 2.02. The lowest BCUT2D eigenvalue weighted by atomic mass is 10.2. The summed E-state index contributed by atoms with van der Waals surface area (Å²) in [7, 11) is 0. The summed E-state index contributed by atoms with van der Waals surface area (Å²) in [6.45, 7) is 1.84. The van der Waals surface area contributed by atoms with Gasteiger partial charge in [0.05, 0.1) is 10.7 Å². The van der Waals surface area contributed by atoms with E-state index in [0.717, 1.165) is 11.6 Å². The summed E-state index contributed by atoms with van der Waals surface area (Å²) >= 11 is 11.8. The summed E-state index contributed by atoms with van der Waals surface area (Å²) in [6, 6.07) is 3.35. The van der Waals surface area contributed by atoms with E-state index in [-0.39, 0.29) is 0 Å². The van der Waals surface area contributed by atoms with Crippen LogP contribution in [0.3, 0.4) is 0 Å². The van der Waals surface area contributed by atoms with Crippen LogP contribution in [-0.2, 0) is 4.79 Å². The van der Waals surface area contributed by atoms with Crippen molar-refractivity contribution in [1.82, 2.24) is 0 Å². The van der Waals surface area contributed by atoms with Crippen molar-refractivity contribution in [2.75, 3.05) is 5.32 Å². The van der Waals surface area contributed by atoms with Crippen LogP contribution in [0.4, 0.5) is 5.69 Å². The SMILES string of the molecule is Cc1cc(Cl)c(N/C=C/C(=O)O)cc1Cl. The molecule has 1 aromatic carbocycles. The standard InChI is InChI=1S/C10H9Cl2NO2/c1-6-4-8(12)9(5-7(6)11)13-3-2-10(14)15/h2-5,13H,1H3,(H,14,15)/b3-2+. The van der Waals surface area contributed by atoms with Gasteiger partial charge in [0.15, 0.2) is 0 Å². The van der Waals surface area contributed by atoms with E-state index >= 15 is 0 Å². The molecular weight excluding hydrogens is 237 g/mol. The first kappa shape index (κ1) is 11.9. The van der Waals surface area contributed by atoms with Crippen LogP contribution in [0.25, 0.3) is 0 Å². The molecule has 1 rings (SSSR count). The van der Waals surface area contributed by atoms with Crippen molar-refractivity contribution in [2.24, 2.45) is 0 Å². The molecule has 0 saturated carbocycles. The fourth-order valence-electron chi connectivity index (χ4n) is 0.960. The minimum atomic E-state index is -1.03. The molecule has 0 spiro atoms. The summed E-state index contributed by atoms with van der Waals surface area (Å²) in [5, 5.41) is 12.2. The van der Waals surface area contributed by atoms with Gasteiger partial charge in [-0.05, 0) is 24.6 Å². The van der Waals surface area contributed by atoms with Gasteiger partial charge < -0.3 is 10.4 Å². The molecule has 0 aliphatic rings. The maximum atomic E-state index is 10.2. The zero-order valence-corrected chi connectivity index (χ0v) is 9.43. The Morgan fingerprint density at radius 3 is 2.67 bits per heavy atom. The Morgan fingerprint density at radius 1 is 1.40 bits per heavy atom.